The quantitative estimate of drug-likeness (QED) is 0.285. The number of hydrogen-bond acceptors (Lipinski definition) is 4. The summed E-state index contributed by atoms with van der Waals surface area (Å²) in [5.74, 6) is -2.80. The van der Waals surface area contributed by atoms with Crippen molar-refractivity contribution in [2.75, 3.05) is 42.3 Å². The lowest BCUT2D eigenvalue weighted by atomic mass is 10.2. The minimum absolute atomic E-state index is 0.405. The van der Waals surface area contributed by atoms with Crippen LogP contribution in [-0.4, -0.2) is 72.9 Å². The molecule has 0 radical (unpaired) electrons. The van der Waals surface area contributed by atoms with Crippen molar-refractivity contribution in [3.05, 3.63) is 120 Å². The van der Waals surface area contributed by atoms with Crippen LogP contribution in [0.5, 0.6) is 0 Å². The van der Waals surface area contributed by atoms with E-state index in [-0.39, 0.29) is 0 Å². The van der Waals surface area contributed by atoms with Crippen LogP contribution in [0.2, 0.25) is 0 Å². The summed E-state index contributed by atoms with van der Waals surface area (Å²) >= 11 is 0. The zero-order valence-corrected chi connectivity index (χ0v) is 25.0. The molecule has 0 aliphatic heterocycles. The first-order valence-corrected chi connectivity index (χ1v) is 14.2. The van der Waals surface area contributed by atoms with Crippen molar-refractivity contribution in [1.29, 1.82) is 0 Å². The molecule has 0 saturated heterocycles. The lowest BCUT2D eigenvalue weighted by molar-refractivity contribution is 0.0683. The number of nitrogens with zero attached hydrogens (tertiary/aromatic N) is 2. The normalized spacial score (nSPS) is 11.3. The van der Waals surface area contributed by atoms with Gasteiger partial charge in [-0.25, -0.2) is 18.0 Å². The van der Waals surface area contributed by atoms with Gasteiger partial charge in [-0.3, -0.25) is 8.97 Å². The Hall–Kier alpha value is -4.31. The Morgan fingerprint density at radius 1 is 0.488 bits per heavy atom. The van der Waals surface area contributed by atoms with E-state index in [0.717, 1.165) is 33.2 Å². The third-order valence-corrected chi connectivity index (χ3v) is 7.75. The summed E-state index contributed by atoms with van der Waals surface area (Å²) in [4.78, 5) is 21.4. The molecule has 4 aromatic rings. The van der Waals surface area contributed by atoms with E-state index in [1.165, 1.54) is 35.6 Å². The van der Waals surface area contributed by atoms with E-state index in [4.69, 9.17) is 10.2 Å². The van der Waals surface area contributed by atoms with Crippen LogP contribution in [0.4, 0.5) is 11.4 Å². The number of carboxylic acid groups (broad SMARTS) is 2. The molecule has 4 aromatic carbocycles. The van der Waals surface area contributed by atoms with E-state index in [1.54, 1.807) is 0 Å². The molecule has 0 atom stereocenters. The Morgan fingerprint density at radius 2 is 0.756 bits per heavy atom. The predicted molar refractivity (Wildman–Crippen MR) is 164 cm³/mol. The van der Waals surface area contributed by atoms with E-state index < -0.39 is 42.7 Å². The number of carboxylic acids is 2. The van der Waals surface area contributed by atoms with Crippen molar-refractivity contribution in [3.63, 3.8) is 0 Å². The standard InChI is InChI=1S/C14H10O6S.2C9H14N/c15-13(16)9-5-1-3-7-11(9)21(19,20)12-8-4-2-6-10(12)14(17)18;2*1-10(2,3)9-7-5-4-6-8-9/h1-8H,(H,15,16)(H,17,18);2*4-8H,1-3H3/q;2*+1. The van der Waals surface area contributed by atoms with Crippen LogP contribution in [-0.2, 0) is 9.84 Å². The number of quaternary nitrogens is 2. The number of para-hydroxylation sites is 2. The number of aromatic carboxylic acids is 2. The molecule has 0 amide bonds. The van der Waals surface area contributed by atoms with Gasteiger partial charge in [0.25, 0.3) is 0 Å². The first kappa shape index (κ1) is 32.9. The monoisotopic (exact) mass is 578 g/mol. The second-order valence-electron chi connectivity index (χ2n) is 10.8. The molecule has 0 saturated carbocycles. The number of hydrogen-bond donors (Lipinski definition) is 2. The van der Waals surface area contributed by atoms with Crippen LogP contribution in [0.3, 0.4) is 0 Å². The van der Waals surface area contributed by atoms with Crippen molar-refractivity contribution in [1.82, 2.24) is 8.97 Å². The van der Waals surface area contributed by atoms with Crippen molar-refractivity contribution in [2.45, 2.75) is 9.79 Å². The first-order chi connectivity index (χ1) is 19.1. The molecule has 0 unspecified atom stereocenters. The molecule has 9 heteroatoms. The lowest BCUT2D eigenvalue weighted by Crippen LogP contribution is -2.34. The van der Waals surface area contributed by atoms with Gasteiger partial charge in [-0.1, -0.05) is 60.7 Å². The summed E-state index contributed by atoms with van der Waals surface area (Å²) in [5, 5.41) is 18.1. The highest BCUT2D eigenvalue weighted by atomic mass is 32.2. The van der Waals surface area contributed by atoms with Gasteiger partial charge in [-0.2, -0.15) is 0 Å². The third-order valence-electron chi connectivity index (χ3n) is 5.88. The summed E-state index contributed by atoms with van der Waals surface area (Å²) in [7, 11) is 8.72. The molecular formula is C32H38N2O6S+2. The zero-order chi connectivity index (χ0) is 30.8. The molecule has 2 N–H and O–H groups in total. The van der Waals surface area contributed by atoms with Gasteiger partial charge in [0.15, 0.2) is 0 Å². The lowest BCUT2D eigenvalue weighted by Gasteiger charge is -2.22. The minimum atomic E-state index is -4.25. The smallest absolute Gasteiger partial charge is 0.337 e. The van der Waals surface area contributed by atoms with Crippen LogP contribution >= 0.6 is 0 Å². The number of carbonyl (C=O) groups is 2. The van der Waals surface area contributed by atoms with Crippen LogP contribution in [0.25, 0.3) is 0 Å². The molecule has 4 rings (SSSR count). The van der Waals surface area contributed by atoms with Crippen LogP contribution < -0.4 is 8.97 Å². The fourth-order valence-electron chi connectivity index (χ4n) is 3.62. The molecule has 0 heterocycles. The molecule has 41 heavy (non-hydrogen) atoms. The second kappa shape index (κ2) is 13.8. The number of rotatable bonds is 6. The molecule has 0 fully saturated rings. The first-order valence-electron chi connectivity index (χ1n) is 12.7. The van der Waals surface area contributed by atoms with Crippen LogP contribution in [0.15, 0.2) is 119 Å². The van der Waals surface area contributed by atoms with Crippen molar-refractivity contribution in [2.24, 2.45) is 0 Å². The second-order valence-corrected chi connectivity index (χ2v) is 12.7. The molecule has 0 aliphatic carbocycles. The van der Waals surface area contributed by atoms with Gasteiger partial charge in [-0.15, -0.1) is 0 Å². The Balaban J connectivity index is 0.000000244. The fourth-order valence-corrected chi connectivity index (χ4v) is 5.27. The Labute approximate surface area is 242 Å². The van der Waals surface area contributed by atoms with Crippen molar-refractivity contribution < 1.29 is 28.2 Å². The Morgan fingerprint density at radius 3 is 1.00 bits per heavy atom. The van der Waals surface area contributed by atoms with E-state index in [2.05, 4.69) is 90.8 Å². The van der Waals surface area contributed by atoms with Crippen LogP contribution in [0.1, 0.15) is 20.7 Å². The average molecular weight is 579 g/mol. The number of sulfone groups is 1. The van der Waals surface area contributed by atoms with Crippen LogP contribution in [0, 0.1) is 0 Å². The Bertz CT molecular complexity index is 1440. The summed E-state index contributed by atoms with van der Waals surface area (Å²) in [6.07, 6.45) is 0. The van der Waals surface area contributed by atoms with E-state index in [1.807, 2.05) is 12.1 Å². The molecule has 216 valence electrons. The number of benzene rings is 4. The van der Waals surface area contributed by atoms with Gasteiger partial charge in [0.05, 0.1) is 63.2 Å². The summed E-state index contributed by atoms with van der Waals surface area (Å²) in [6, 6.07) is 31.0. The molecule has 0 spiro atoms. The van der Waals surface area contributed by atoms with E-state index in [9.17, 15) is 18.0 Å². The molecule has 8 nitrogen and oxygen atoms in total. The molecule has 0 bridgehead atoms. The van der Waals surface area contributed by atoms with Gasteiger partial charge in [0, 0.05) is 0 Å². The van der Waals surface area contributed by atoms with Crippen molar-refractivity contribution >= 4 is 33.2 Å². The fraction of sp³-hybridized carbons (Fsp3) is 0.188. The maximum Gasteiger partial charge on any atom is 0.337 e. The highest BCUT2D eigenvalue weighted by molar-refractivity contribution is 7.91. The topological polar surface area (TPSA) is 109 Å². The Kier molecular flexibility index (Phi) is 11.1. The SMILES string of the molecule is C[N+](C)(C)c1ccccc1.C[N+](C)(C)c1ccccc1.O=C(O)c1ccccc1S(=O)(=O)c1ccccc1C(=O)O. The summed E-state index contributed by atoms with van der Waals surface area (Å²) < 4.78 is 26.9. The van der Waals surface area contributed by atoms with Gasteiger partial charge in [0.1, 0.15) is 11.4 Å². The largest absolute Gasteiger partial charge is 0.478 e. The highest BCUT2D eigenvalue weighted by Gasteiger charge is 2.28. The predicted octanol–water partition coefficient (Wildman–Crippen LogP) is 5.68. The maximum atomic E-state index is 12.6. The van der Waals surface area contributed by atoms with E-state index >= 15 is 0 Å². The van der Waals surface area contributed by atoms with Gasteiger partial charge >= 0.3 is 11.9 Å². The zero-order valence-electron chi connectivity index (χ0n) is 24.2. The van der Waals surface area contributed by atoms with E-state index in [0.29, 0.717) is 0 Å². The van der Waals surface area contributed by atoms with Crippen molar-refractivity contribution in [3.8, 4) is 0 Å². The van der Waals surface area contributed by atoms with Gasteiger partial charge < -0.3 is 10.2 Å². The average Bonchev–Trinajstić information content (AvgIpc) is 2.94. The molecule has 0 aromatic heterocycles. The van der Waals surface area contributed by atoms with Gasteiger partial charge in [-0.05, 0) is 48.5 Å². The molecule has 0 aliphatic rings. The molecular weight excluding hydrogens is 540 g/mol. The minimum Gasteiger partial charge on any atom is -0.478 e. The summed E-state index contributed by atoms with van der Waals surface area (Å²) in [6.45, 7) is 0. The summed E-state index contributed by atoms with van der Waals surface area (Å²) in [5.41, 5.74) is 1.86. The highest BCUT2D eigenvalue weighted by Crippen LogP contribution is 2.27. The third kappa shape index (κ3) is 9.39. The van der Waals surface area contributed by atoms with Gasteiger partial charge in [0.2, 0.25) is 9.84 Å². The maximum absolute atomic E-state index is 12.6.